The Labute approximate surface area is 169 Å². The molecule has 0 radical (unpaired) electrons. The first-order valence-corrected chi connectivity index (χ1v) is 10.3. The van der Waals surface area contributed by atoms with E-state index in [1.165, 1.54) is 38.4 Å². The minimum atomic E-state index is -3.56. The van der Waals surface area contributed by atoms with Crippen LogP contribution in [0, 0.1) is 6.92 Å². The van der Waals surface area contributed by atoms with E-state index in [2.05, 4.69) is 10.2 Å². The summed E-state index contributed by atoms with van der Waals surface area (Å²) in [4.78, 5) is 12.5. The zero-order valence-electron chi connectivity index (χ0n) is 16.5. The van der Waals surface area contributed by atoms with Gasteiger partial charge in [0.15, 0.2) is 6.10 Å². The zero-order valence-corrected chi connectivity index (χ0v) is 17.3. The second kappa shape index (κ2) is 8.14. The van der Waals surface area contributed by atoms with Crippen LogP contribution in [-0.2, 0) is 14.8 Å². The van der Waals surface area contributed by atoms with Gasteiger partial charge in [0.2, 0.25) is 15.9 Å². The highest BCUT2D eigenvalue weighted by atomic mass is 32.2. The first-order chi connectivity index (χ1) is 13.7. The van der Waals surface area contributed by atoms with Gasteiger partial charge in [0.25, 0.3) is 5.89 Å². The van der Waals surface area contributed by atoms with Crippen LogP contribution in [0.2, 0.25) is 0 Å². The highest BCUT2D eigenvalue weighted by Gasteiger charge is 2.21. The normalized spacial score (nSPS) is 12.7. The Morgan fingerprint density at radius 1 is 1.03 bits per heavy atom. The molecule has 0 aliphatic heterocycles. The molecule has 3 aromatic rings. The van der Waals surface area contributed by atoms with Gasteiger partial charge in [0.1, 0.15) is 0 Å². The van der Waals surface area contributed by atoms with Crippen LogP contribution in [0.5, 0.6) is 0 Å². The van der Waals surface area contributed by atoms with E-state index in [9.17, 15) is 13.2 Å². The van der Waals surface area contributed by atoms with Crippen molar-refractivity contribution >= 4 is 16.0 Å². The number of sulfonamides is 1. The first-order valence-electron chi connectivity index (χ1n) is 8.82. The SMILES string of the molecule is Cc1ccc(-c2nnc([C@H](C)OC(=O)c3ccc(S(=O)(=O)N(C)C)cc3)o2)cc1. The summed E-state index contributed by atoms with van der Waals surface area (Å²) in [5.41, 5.74) is 2.10. The number of ether oxygens (including phenoxy) is 1. The maximum Gasteiger partial charge on any atom is 0.338 e. The Kier molecular flexibility index (Phi) is 5.81. The van der Waals surface area contributed by atoms with Gasteiger partial charge < -0.3 is 9.15 Å². The number of hydrogen-bond acceptors (Lipinski definition) is 7. The van der Waals surface area contributed by atoms with E-state index in [4.69, 9.17) is 9.15 Å². The number of nitrogens with zero attached hydrogens (tertiary/aromatic N) is 3. The quantitative estimate of drug-likeness (QED) is 0.570. The molecule has 8 nitrogen and oxygen atoms in total. The van der Waals surface area contributed by atoms with E-state index >= 15 is 0 Å². The lowest BCUT2D eigenvalue weighted by Gasteiger charge is -2.12. The third-order valence-corrected chi connectivity index (χ3v) is 6.07. The van der Waals surface area contributed by atoms with Crippen LogP contribution >= 0.6 is 0 Å². The maximum atomic E-state index is 12.4. The monoisotopic (exact) mass is 415 g/mol. The van der Waals surface area contributed by atoms with E-state index in [-0.39, 0.29) is 16.3 Å². The second-order valence-electron chi connectivity index (χ2n) is 6.67. The predicted octanol–water partition coefficient (Wildman–Crippen LogP) is 3.21. The Morgan fingerprint density at radius 3 is 2.24 bits per heavy atom. The van der Waals surface area contributed by atoms with Gasteiger partial charge in [-0.15, -0.1) is 10.2 Å². The molecule has 152 valence electrons. The Morgan fingerprint density at radius 2 is 1.66 bits per heavy atom. The molecule has 0 N–H and O–H groups in total. The van der Waals surface area contributed by atoms with Crippen LogP contribution in [0.25, 0.3) is 11.5 Å². The number of aryl methyl sites for hydroxylation is 1. The predicted molar refractivity (Wildman–Crippen MR) is 106 cm³/mol. The summed E-state index contributed by atoms with van der Waals surface area (Å²) in [5, 5.41) is 7.94. The Hall–Kier alpha value is -3.04. The standard InChI is InChI=1S/C20H21N3O5S/c1-13-5-7-15(8-6-13)19-22-21-18(28-19)14(2)27-20(24)16-9-11-17(12-10-16)29(25,26)23(3)4/h5-12,14H,1-4H3/t14-/m0/s1. The average Bonchev–Trinajstić information content (AvgIpc) is 3.19. The van der Waals surface area contributed by atoms with Gasteiger partial charge in [-0.05, 0) is 50.2 Å². The molecular weight excluding hydrogens is 394 g/mol. The van der Waals surface area contributed by atoms with E-state index in [1.54, 1.807) is 6.92 Å². The number of rotatable bonds is 6. The van der Waals surface area contributed by atoms with Gasteiger partial charge >= 0.3 is 5.97 Å². The summed E-state index contributed by atoms with van der Waals surface area (Å²) in [6.45, 7) is 3.60. The van der Waals surface area contributed by atoms with Gasteiger partial charge in [0, 0.05) is 19.7 Å². The number of carbonyl (C=O) groups is 1. The molecule has 1 atom stereocenters. The molecule has 29 heavy (non-hydrogen) atoms. The molecule has 9 heteroatoms. The van der Waals surface area contributed by atoms with Crippen LogP contribution in [0.4, 0.5) is 0 Å². The van der Waals surface area contributed by atoms with Gasteiger partial charge in [-0.3, -0.25) is 0 Å². The topological polar surface area (TPSA) is 103 Å². The van der Waals surface area contributed by atoms with E-state index in [0.717, 1.165) is 15.4 Å². The summed E-state index contributed by atoms with van der Waals surface area (Å²) in [5.74, 6) is -0.122. The highest BCUT2D eigenvalue weighted by molar-refractivity contribution is 7.89. The molecule has 1 heterocycles. The van der Waals surface area contributed by atoms with Crippen molar-refractivity contribution in [1.29, 1.82) is 0 Å². The molecule has 0 amide bonds. The number of aromatic nitrogens is 2. The smallest absolute Gasteiger partial charge is 0.338 e. The third-order valence-electron chi connectivity index (χ3n) is 4.24. The summed E-state index contributed by atoms with van der Waals surface area (Å²) < 4.78 is 36.3. The van der Waals surface area contributed by atoms with Gasteiger partial charge in [-0.1, -0.05) is 17.7 Å². The molecule has 0 saturated carbocycles. The van der Waals surface area contributed by atoms with E-state index in [0.29, 0.717) is 5.89 Å². The summed E-state index contributed by atoms with van der Waals surface area (Å²) in [7, 11) is -0.686. The number of carbonyl (C=O) groups excluding carboxylic acids is 1. The summed E-state index contributed by atoms with van der Waals surface area (Å²) in [6.07, 6.45) is -0.764. The molecule has 3 rings (SSSR count). The fraction of sp³-hybridized carbons (Fsp3) is 0.250. The molecule has 0 aliphatic rings. The van der Waals surface area contributed by atoms with Crippen LogP contribution < -0.4 is 0 Å². The fourth-order valence-corrected chi connectivity index (χ4v) is 3.37. The molecule has 0 aliphatic carbocycles. The lowest BCUT2D eigenvalue weighted by molar-refractivity contribution is 0.0279. The van der Waals surface area contributed by atoms with Gasteiger partial charge in [-0.2, -0.15) is 0 Å². The van der Waals surface area contributed by atoms with Crippen molar-refractivity contribution in [1.82, 2.24) is 14.5 Å². The summed E-state index contributed by atoms with van der Waals surface area (Å²) >= 11 is 0. The van der Waals surface area contributed by atoms with Crippen LogP contribution in [-0.4, -0.2) is 43.0 Å². The minimum Gasteiger partial charge on any atom is -0.449 e. The fourth-order valence-electron chi connectivity index (χ4n) is 2.46. The largest absolute Gasteiger partial charge is 0.449 e. The van der Waals surface area contributed by atoms with Crippen molar-refractivity contribution in [3.63, 3.8) is 0 Å². The van der Waals surface area contributed by atoms with Gasteiger partial charge in [0.05, 0.1) is 10.5 Å². The molecule has 0 fully saturated rings. The van der Waals surface area contributed by atoms with Crippen LogP contribution in [0.3, 0.4) is 0 Å². The lowest BCUT2D eigenvalue weighted by atomic mass is 10.1. The number of hydrogen-bond donors (Lipinski definition) is 0. The molecule has 1 aromatic heterocycles. The van der Waals surface area contributed by atoms with Crippen LogP contribution in [0.15, 0.2) is 57.8 Å². The van der Waals surface area contributed by atoms with Crippen molar-refractivity contribution in [2.45, 2.75) is 24.8 Å². The average molecular weight is 415 g/mol. The van der Waals surface area contributed by atoms with Crippen molar-refractivity contribution in [3.05, 3.63) is 65.5 Å². The van der Waals surface area contributed by atoms with Crippen molar-refractivity contribution in [3.8, 4) is 11.5 Å². The van der Waals surface area contributed by atoms with Gasteiger partial charge in [-0.25, -0.2) is 17.5 Å². The first kappa shape index (κ1) is 20.7. The second-order valence-corrected chi connectivity index (χ2v) is 8.82. The van der Waals surface area contributed by atoms with E-state index < -0.39 is 22.1 Å². The molecular formula is C20H21N3O5S. The molecule has 2 aromatic carbocycles. The van der Waals surface area contributed by atoms with Crippen molar-refractivity contribution in [2.75, 3.05) is 14.1 Å². The highest BCUT2D eigenvalue weighted by Crippen LogP contribution is 2.24. The Balaban J connectivity index is 1.70. The third kappa shape index (κ3) is 4.52. The van der Waals surface area contributed by atoms with Crippen LogP contribution in [0.1, 0.15) is 34.8 Å². The van der Waals surface area contributed by atoms with Crippen molar-refractivity contribution in [2.24, 2.45) is 0 Å². The maximum absolute atomic E-state index is 12.4. The zero-order chi connectivity index (χ0) is 21.2. The molecule has 0 bridgehead atoms. The summed E-state index contributed by atoms with van der Waals surface area (Å²) in [6, 6.07) is 13.1. The number of benzene rings is 2. The van der Waals surface area contributed by atoms with E-state index in [1.807, 2.05) is 31.2 Å². The minimum absolute atomic E-state index is 0.0896. The molecule has 0 spiro atoms. The lowest BCUT2D eigenvalue weighted by Crippen LogP contribution is -2.22. The van der Waals surface area contributed by atoms with Crippen molar-refractivity contribution < 1.29 is 22.4 Å². The number of esters is 1. The molecule has 0 unspecified atom stereocenters. The Bertz CT molecular complexity index is 1100. The molecule has 0 saturated heterocycles.